The summed E-state index contributed by atoms with van der Waals surface area (Å²) in [7, 11) is 0. The molecule has 1 rings (SSSR count). The van der Waals surface area contributed by atoms with E-state index in [1.165, 1.54) is 0 Å². The van der Waals surface area contributed by atoms with Gasteiger partial charge in [0.2, 0.25) is 11.8 Å². The van der Waals surface area contributed by atoms with Crippen molar-refractivity contribution in [3.8, 4) is 0 Å². The molecule has 0 aromatic carbocycles. The summed E-state index contributed by atoms with van der Waals surface area (Å²) in [5.41, 5.74) is 0. The Hall–Kier alpha value is -1.51. The summed E-state index contributed by atoms with van der Waals surface area (Å²) in [4.78, 5) is 37.0. The van der Waals surface area contributed by atoms with Crippen LogP contribution in [0, 0.1) is 5.92 Å². The van der Waals surface area contributed by atoms with Crippen LogP contribution in [0.3, 0.4) is 0 Å². The molecular weight excluding hydrogens is 244 g/mol. The standard InChI is InChI=1S/C10H16N2O6/c13-4-1-7-8(16)11(2-5-14)10(18)12(3-6-15)9(7)17/h7,13-15H,1-6H2. The number of amides is 4. The van der Waals surface area contributed by atoms with E-state index in [0.717, 1.165) is 9.80 Å². The summed E-state index contributed by atoms with van der Waals surface area (Å²) in [5.74, 6) is -2.57. The maximum atomic E-state index is 11.8. The van der Waals surface area contributed by atoms with Crippen molar-refractivity contribution in [1.29, 1.82) is 0 Å². The summed E-state index contributed by atoms with van der Waals surface area (Å²) >= 11 is 0. The van der Waals surface area contributed by atoms with Crippen molar-refractivity contribution < 1.29 is 29.7 Å². The van der Waals surface area contributed by atoms with Gasteiger partial charge < -0.3 is 15.3 Å². The number of β-amino-alcohol motifs (C(OH)–C–C–N with tert-alkyl or cyclic N) is 2. The van der Waals surface area contributed by atoms with E-state index in [1.54, 1.807) is 0 Å². The third-order valence-electron chi connectivity index (χ3n) is 2.66. The molecule has 102 valence electrons. The van der Waals surface area contributed by atoms with Gasteiger partial charge in [-0.15, -0.1) is 0 Å². The number of urea groups is 1. The van der Waals surface area contributed by atoms with E-state index in [9.17, 15) is 14.4 Å². The first kappa shape index (κ1) is 14.6. The Labute approximate surface area is 103 Å². The molecule has 0 radical (unpaired) electrons. The maximum Gasteiger partial charge on any atom is 0.333 e. The first-order valence-corrected chi connectivity index (χ1v) is 5.57. The number of hydrogen-bond donors (Lipinski definition) is 3. The van der Waals surface area contributed by atoms with Crippen LogP contribution in [0.5, 0.6) is 0 Å². The SMILES string of the molecule is O=C1C(CCO)C(=O)N(CCO)C(=O)N1CCO. The highest BCUT2D eigenvalue weighted by molar-refractivity contribution is 6.16. The fraction of sp³-hybridized carbons (Fsp3) is 0.700. The monoisotopic (exact) mass is 260 g/mol. The minimum atomic E-state index is -1.13. The van der Waals surface area contributed by atoms with Crippen LogP contribution in [0.2, 0.25) is 0 Å². The molecule has 1 heterocycles. The van der Waals surface area contributed by atoms with E-state index in [-0.39, 0.29) is 26.1 Å². The molecule has 1 aliphatic rings. The lowest BCUT2D eigenvalue weighted by Gasteiger charge is -2.36. The molecule has 1 saturated heterocycles. The van der Waals surface area contributed by atoms with Gasteiger partial charge in [0, 0.05) is 6.61 Å². The van der Waals surface area contributed by atoms with Crippen LogP contribution >= 0.6 is 0 Å². The lowest BCUT2D eigenvalue weighted by molar-refractivity contribution is -0.150. The number of rotatable bonds is 6. The van der Waals surface area contributed by atoms with Gasteiger partial charge in [-0.25, -0.2) is 4.79 Å². The van der Waals surface area contributed by atoms with Crippen molar-refractivity contribution in [3.63, 3.8) is 0 Å². The van der Waals surface area contributed by atoms with E-state index in [0.29, 0.717) is 0 Å². The highest BCUT2D eigenvalue weighted by Gasteiger charge is 2.44. The van der Waals surface area contributed by atoms with Gasteiger partial charge in [-0.2, -0.15) is 0 Å². The summed E-state index contributed by atoms with van der Waals surface area (Å²) < 4.78 is 0. The molecule has 0 aliphatic carbocycles. The molecule has 0 aromatic rings. The van der Waals surface area contributed by atoms with Crippen LogP contribution in [0.25, 0.3) is 0 Å². The normalized spacial score (nSPS) is 17.8. The second-order valence-corrected chi connectivity index (χ2v) is 3.77. The Morgan fingerprint density at radius 3 is 1.61 bits per heavy atom. The summed E-state index contributed by atoms with van der Waals surface area (Å²) in [6.45, 7) is -1.62. The van der Waals surface area contributed by atoms with Gasteiger partial charge in [-0.05, 0) is 6.42 Å². The number of hydrogen-bond acceptors (Lipinski definition) is 6. The number of aliphatic hydroxyl groups excluding tert-OH is 3. The molecule has 0 unspecified atom stereocenters. The quantitative estimate of drug-likeness (QED) is 0.465. The van der Waals surface area contributed by atoms with Crippen LogP contribution in [0.1, 0.15) is 6.42 Å². The van der Waals surface area contributed by atoms with Gasteiger partial charge in [0.05, 0.1) is 26.3 Å². The van der Waals surface area contributed by atoms with E-state index in [2.05, 4.69) is 0 Å². The number of imide groups is 2. The van der Waals surface area contributed by atoms with Crippen molar-refractivity contribution in [1.82, 2.24) is 9.80 Å². The molecule has 1 fully saturated rings. The first-order valence-electron chi connectivity index (χ1n) is 5.57. The maximum absolute atomic E-state index is 11.8. The molecule has 0 spiro atoms. The van der Waals surface area contributed by atoms with Crippen LogP contribution in [-0.2, 0) is 9.59 Å². The van der Waals surface area contributed by atoms with Crippen LogP contribution in [0.15, 0.2) is 0 Å². The van der Waals surface area contributed by atoms with Crippen molar-refractivity contribution in [2.75, 3.05) is 32.9 Å². The molecule has 1 aliphatic heterocycles. The predicted molar refractivity (Wildman–Crippen MR) is 58.2 cm³/mol. The molecule has 4 amide bonds. The van der Waals surface area contributed by atoms with Crippen molar-refractivity contribution in [2.45, 2.75) is 6.42 Å². The van der Waals surface area contributed by atoms with Gasteiger partial charge in [-0.1, -0.05) is 0 Å². The molecule has 8 nitrogen and oxygen atoms in total. The molecule has 0 aromatic heterocycles. The van der Waals surface area contributed by atoms with Crippen molar-refractivity contribution in [3.05, 3.63) is 0 Å². The fourth-order valence-electron chi connectivity index (χ4n) is 1.80. The Kier molecular flexibility index (Phi) is 5.20. The van der Waals surface area contributed by atoms with E-state index < -0.39 is 37.0 Å². The van der Waals surface area contributed by atoms with Gasteiger partial charge >= 0.3 is 6.03 Å². The Morgan fingerprint density at radius 2 is 1.28 bits per heavy atom. The minimum Gasteiger partial charge on any atom is -0.396 e. The second kappa shape index (κ2) is 6.43. The predicted octanol–water partition coefficient (Wildman–Crippen LogP) is -2.24. The lowest BCUT2D eigenvalue weighted by atomic mass is 10.00. The number of carbonyl (C=O) groups is 3. The van der Waals surface area contributed by atoms with Crippen molar-refractivity contribution >= 4 is 17.8 Å². The Balaban J connectivity index is 2.98. The highest BCUT2D eigenvalue weighted by Crippen LogP contribution is 2.20. The van der Waals surface area contributed by atoms with E-state index in [4.69, 9.17) is 15.3 Å². The Bertz CT molecular complexity index is 275. The average Bonchev–Trinajstić information content (AvgIpc) is 2.35. The largest absolute Gasteiger partial charge is 0.396 e. The number of barbiturate groups is 1. The van der Waals surface area contributed by atoms with Crippen LogP contribution in [-0.4, -0.2) is 75.9 Å². The molecule has 18 heavy (non-hydrogen) atoms. The Morgan fingerprint density at radius 1 is 0.833 bits per heavy atom. The third kappa shape index (κ3) is 2.66. The van der Waals surface area contributed by atoms with Gasteiger partial charge in [-0.3, -0.25) is 19.4 Å². The zero-order valence-electron chi connectivity index (χ0n) is 9.78. The molecular formula is C10H16N2O6. The summed E-state index contributed by atoms with van der Waals surface area (Å²) in [6, 6.07) is -0.845. The molecule has 0 bridgehead atoms. The number of aliphatic hydroxyl groups is 3. The minimum absolute atomic E-state index is 0.0885. The molecule has 0 saturated carbocycles. The van der Waals surface area contributed by atoms with E-state index >= 15 is 0 Å². The third-order valence-corrected chi connectivity index (χ3v) is 2.66. The van der Waals surface area contributed by atoms with Gasteiger partial charge in [0.25, 0.3) is 0 Å². The topological polar surface area (TPSA) is 118 Å². The van der Waals surface area contributed by atoms with Crippen molar-refractivity contribution in [2.24, 2.45) is 5.92 Å². The number of carbonyl (C=O) groups excluding carboxylic acids is 3. The van der Waals surface area contributed by atoms with Gasteiger partial charge in [0.15, 0.2) is 0 Å². The first-order chi connectivity index (χ1) is 8.58. The smallest absolute Gasteiger partial charge is 0.333 e. The summed E-state index contributed by atoms with van der Waals surface area (Å²) in [5, 5.41) is 26.4. The zero-order valence-corrected chi connectivity index (χ0v) is 9.78. The average molecular weight is 260 g/mol. The molecule has 3 N–H and O–H groups in total. The van der Waals surface area contributed by atoms with E-state index in [1.807, 2.05) is 0 Å². The number of nitrogens with zero attached hydrogens (tertiary/aromatic N) is 2. The summed E-state index contributed by atoms with van der Waals surface area (Å²) in [6.07, 6.45) is -0.0885. The second-order valence-electron chi connectivity index (χ2n) is 3.77. The highest BCUT2D eigenvalue weighted by atomic mass is 16.3. The van der Waals surface area contributed by atoms with Gasteiger partial charge in [0.1, 0.15) is 5.92 Å². The molecule has 0 atom stereocenters. The fourth-order valence-corrected chi connectivity index (χ4v) is 1.80. The van der Waals surface area contributed by atoms with Crippen LogP contribution in [0.4, 0.5) is 4.79 Å². The zero-order chi connectivity index (χ0) is 13.7. The molecule has 8 heteroatoms. The van der Waals surface area contributed by atoms with Crippen LogP contribution < -0.4 is 0 Å². The lowest BCUT2D eigenvalue weighted by Crippen LogP contribution is -2.60.